The van der Waals surface area contributed by atoms with Gasteiger partial charge in [-0.1, -0.05) is 19.1 Å². The Morgan fingerprint density at radius 2 is 2.25 bits per heavy atom. The Hall–Kier alpha value is -1.06. The summed E-state index contributed by atoms with van der Waals surface area (Å²) in [6.45, 7) is 5.20. The van der Waals surface area contributed by atoms with E-state index < -0.39 is 0 Å². The summed E-state index contributed by atoms with van der Waals surface area (Å²) in [6, 6.07) is 6.96. The van der Waals surface area contributed by atoms with Crippen LogP contribution in [0.3, 0.4) is 0 Å². The first-order valence-corrected chi connectivity index (χ1v) is 7.60. The molecule has 0 aromatic heterocycles. The first-order valence-electron chi connectivity index (χ1n) is 7.60. The van der Waals surface area contributed by atoms with Crippen molar-refractivity contribution >= 4 is 0 Å². The van der Waals surface area contributed by atoms with Gasteiger partial charge >= 0.3 is 0 Å². The lowest BCUT2D eigenvalue weighted by atomic mass is 9.88. The van der Waals surface area contributed by atoms with Crippen LogP contribution >= 0.6 is 0 Å². The van der Waals surface area contributed by atoms with Crippen LogP contribution in [0.2, 0.25) is 0 Å². The van der Waals surface area contributed by atoms with Crippen LogP contribution in [0.15, 0.2) is 18.2 Å². The van der Waals surface area contributed by atoms with E-state index in [0.29, 0.717) is 6.04 Å². The quantitative estimate of drug-likeness (QED) is 0.831. The van der Waals surface area contributed by atoms with Crippen LogP contribution in [0.4, 0.5) is 0 Å². The molecule has 0 bridgehead atoms. The Morgan fingerprint density at radius 1 is 1.45 bits per heavy atom. The highest BCUT2D eigenvalue weighted by Gasteiger charge is 2.31. The van der Waals surface area contributed by atoms with Gasteiger partial charge in [0.15, 0.2) is 0 Å². The lowest BCUT2D eigenvalue weighted by Crippen LogP contribution is -2.48. The fourth-order valence-electron chi connectivity index (χ4n) is 2.99. The molecule has 2 rings (SSSR count). The normalized spacial score (nSPS) is 18.2. The van der Waals surface area contributed by atoms with Crippen molar-refractivity contribution in [3.05, 3.63) is 29.3 Å². The molecule has 1 aromatic carbocycles. The Morgan fingerprint density at radius 3 is 2.90 bits per heavy atom. The Labute approximate surface area is 122 Å². The van der Waals surface area contributed by atoms with Gasteiger partial charge in [0, 0.05) is 19.6 Å². The van der Waals surface area contributed by atoms with E-state index in [1.807, 2.05) is 7.05 Å². The predicted molar refractivity (Wildman–Crippen MR) is 82.5 cm³/mol. The first kappa shape index (κ1) is 15.3. The number of benzene rings is 1. The molecular formula is C17H27NO2. The fraction of sp³-hybridized carbons (Fsp3) is 0.647. The highest BCUT2D eigenvalue weighted by Crippen LogP contribution is 2.27. The molecule has 1 N–H and O–H groups in total. The van der Waals surface area contributed by atoms with E-state index in [4.69, 9.17) is 9.47 Å². The number of ether oxygens (including phenoxy) is 2. The summed E-state index contributed by atoms with van der Waals surface area (Å²) in [5, 5.41) is 3.42. The second kappa shape index (κ2) is 6.59. The molecule has 2 unspecified atom stereocenters. The average Bonchev–Trinajstić information content (AvgIpc) is 2.95. The lowest BCUT2D eigenvalue weighted by Gasteiger charge is -2.35. The molecular weight excluding hydrogens is 250 g/mol. The molecule has 0 fully saturated rings. The molecule has 0 radical (unpaired) electrons. The fourth-order valence-corrected chi connectivity index (χ4v) is 2.99. The van der Waals surface area contributed by atoms with Gasteiger partial charge in [0.05, 0.1) is 12.2 Å². The van der Waals surface area contributed by atoms with Crippen LogP contribution in [0, 0.1) is 0 Å². The highest BCUT2D eigenvalue weighted by molar-refractivity contribution is 5.39. The second-order valence-corrected chi connectivity index (χ2v) is 5.79. The molecule has 1 heterocycles. The Balaban J connectivity index is 2.00. The van der Waals surface area contributed by atoms with Crippen molar-refractivity contribution in [2.75, 3.05) is 20.8 Å². The number of aryl methyl sites for hydroxylation is 1. The third-order valence-corrected chi connectivity index (χ3v) is 4.73. The number of hydrogen-bond donors (Lipinski definition) is 1. The van der Waals surface area contributed by atoms with Crippen molar-refractivity contribution in [2.24, 2.45) is 0 Å². The van der Waals surface area contributed by atoms with Gasteiger partial charge in [0.1, 0.15) is 5.75 Å². The van der Waals surface area contributed by atoms with E-state index in [9.17, 15) is 0 Å². The van der Waals surface area contributed by atoms with Crippen molar-refractivity contribution < 1.29 is 9.47 Å². The average molecular weight is 277 g/mol. The molecule has 3 nitrogen and oxygen atoms in total. The van der Waals surface area contributed by atoms with Crippen LogP contribution in [0.25, 0.3) is 0 Å². The monoisotopic (exact) mass is 277 g/mol. The van der Waals surface area contributed by atoms with Gasteiger partial charge in [-0.3, -0.25) is 0 Å². The van der Waals surface area contributed by atoms with Gasteiger partial charge in [0.2, 0.25) is 0 Å². The van der Waals surface area contributed by atoms with E-state index in [2.05, 4.69) is 37.4 Å². The van der Waals surface area contributed by atoms with Gasteiger partial charge in [-0.05, 0) is 50.4 Å². The third kappa shape index (κ3) is 3.15. The molecule has 112 valence electrons. The van der Waals surface area contributed by atoms with Crippen LogP contribution in [0.1, 0.15) is 37.8 Å². The topological polar surface area (TPSA) is 30.5 Å². The van der Waals surface area contributed by atoms with E-state index >= 15 is 0 Å². The largest absolute Gasteiger partial charge is 0.493 e. The SMILES string of the molecule is CCC(C)(OC)C(CCc1ccc2c(c1)CCO2)NC. The zero-order valence-corrected chi connectivity index (χ0v) is 13.2. The number of rotatable bonds is 7. The molecule has 2 atom stereocenters. The molecule has 0 amide bonds. The minimum atomic E-state index is -0.103. The van der Waals surface area contributed by atoms with Crippen LogP contribution < -0.4 is 10.1 Å². The van der Waals surface area contributed by atoms with Gasteiger partial charge < -0.3 is 14.8 Å². The minimum Gasteiger partial charge on any atom is -0.493 e. The molecule has 0 saturated heterocycles. The minimum absolute atomic E-state index is 0.103. The zero-order chi connectivity index (χ0) is 14.6. The molecule has 1 aromatic rings. The lowest BCUT2D eigenvalue weighted by molar-refractivity contribution is -0.0290. The summed E-state index contributed by atoms with van der Waals surface area (Å²) in [7, 11) is 3.83. The maximum Gasteiger partial charge on any atom is 0.122 e. The van der Waals surface area contributed by atoms with Gasteiger partial charge in [-0.25, -0.2) is 0 Å². The summed E-state index contributed by atoms with van der Waals surface area (Å²) in [5.41, 5.74) is 2.65. The third-order valence-electron chi connectivity index (χ3n) is 4.73. The molecule has 3 heteroatoms. The molecule has 0 aliphatic carbocycles. The Kier molecular flexibility index (Phi) is 5.06. The molecule has 1 aliphatic rings. The maximum atomic E-state index is 5.72. The van der Waals surface area contributed by atoms with E-state index in [1.54, 1.807) is 7.11 Å². The Bertz CT molecular complexity index is 441. The van der Waals surface area contributed by atoms with E-state index in [0.717, 1.165) is 38.0 Å². The molecule has 20 heavy (non-hydrogen) atoms. The van der Waals surface area contributed by atoms with Crippen LogP contribution in [0.5, 0.6) is 5.75 Å². The van der Waals surface area contributed by atoms with Gasteiger partial charge in [0.25, 0.3) is 0 Å². The number of fused-ring (bicyclic) bond motifs is 1. The van der Waals surface area contributed by atoms with E-state index in [1.165, 1.54) is 11.1 Å². The van der Waals surface area contributed by atoms with Crippen LogP contribution in [-0.2, 0) is 17.6 Å². The van der Waals surface area contributed by atoms with Crippen LogP contribution in [-0.4, -0.2) is 32.4 Å². The smallest absolute Gasteiger partial charge is 0.122 e. The summed E-state index contributed by atoms with van der Waals surface area (Å²) >= 11 is 0. The van der Waals surface area contributed by atoms with Crippen molar-refractivity contribution in [3.63, 3.8) is 0 Å². The number of methoxy groups -OCH3 is 1. The number of likely N-dealkylation sites (N-methyl/N-ethyl adjacent to an activating group) is 1. The maximum absolute atomic E-state index is 5.72. The standard InChI is InChI=1S/C17H27NO2/c1-5-17(2,19-4)16(18-3)9-7-13-6-8-15-14(12-13)10-11-20-15/h6,8,12,16,18H,5,7,9-11H2,1-4H3. The summed E-state index contributed by atoms with van der Waals surface area (Å²) in [6.07, 6.45) is 4.20. The van der Waals surface area contributed by atoms with Gasteiger partial charge in [-0.2, -0.15) is 0 Å². The molecule has 0 spiro atoms. The summed E-state index contributed by atoms with van der Waals surface area (Å²) in [4.78, 5) is 0. The zero-order valence-electron chi connectivity index (χ0n) is 13.2. The van der Waals surface area contributed by atoms with E-state index in [-0.39, 0.29) is 5.60 Å². The number of nitrogens with one attached hydrogen (secondary N) is 1. The van der Waals surface area contributed by atoms with Crippen molar-refractivity contribution in [1.29, 1.82) is 0 Å². The number of hydrogen-bond acceptors (Lipinski definition) is 3. The van der Waals surface area contributed by atoms with Crippen molar-refractivity contribution in [1.82, 2.24) is 5.32 Å². The van der Waals surface area contributed by atoms with Crippen molar-refractivity contribution in [3.8, 4) is 5.75 Å². The second-order valence-electron chi connectivity index (χ2n) is 5.79. The first-order chi connectivity index (χ1) is 9.62. The summed E-state index contributed by atoms with van der Waals surface area (Å²) < 4.78 is 11.3. The van der Waals surface area contributed by atoms with Gasteiger partial charge in [-0.15, -0.1) is 0 Å². The predicted octanol–water partition coefficient (Wildman–Crippen LogP) is 2.96. The summed E-state index contributed by atoms with van der Waals surface area (Å²) in [5.74, 6) is 1.06. The molecule has 0 saturated carbocycles. The highest BCUT2D eigenvalue weighted by atomic mass is 16.5. The van der Waals surface area contributed by atoms with Crippen molar-refractivity contribution in [2.45, 2.75) is 51.2 Å². The molecule has 1 aliphatic heterocycles.